The number of carbonyl (C=O) groups excluding carboxylic acids is 1. The Labute approximate surface area is 171 Å². The van der Waals surface area contributed by atoms with E-state index in [0.717, 1.165) is 12.8 Å². The number of rotatable bonds is 4. The largest absolute Gasteiger partial charge is 0.495 e. The van der Waals surface area contributed by atoms with Crippen molar-refractivity contribution in [2.45, 2.75) is 31.9 Å². The van der Waals surface area contributed by atoms with Gasteiger partial charge < -0.3 is 10.1 Å². The third-order valence-corrected chi connectivity index (χ3v) is 5.18. The first-order valence-electron chi connectivity index (χ1n) is 9.61. The second-order valence-corrected chi connectivity index (χ2v) is 7.09. The highest BCUT2D eigenvalue weighted by Crippen LogP contribution is 2.36. The number of nitrogens with zero attached hydrogens (tertiary/aromatic N) is 2. The Bertz CT molecular complexity index is 1070. The number of fused-ring (bicyclic) bond motifs is 1. The number of alkyl halides is 3. The Morgan fingerprint density at radius 1 is 1.07 bits per heavy atom. The van der Waals surface area contributed by atoms with E-state index in [4.69, 9.17) is 4.74 Å². The molecule has 30 heavy (non-hydrogen) atoms. The van der Waals surface area contributed by atoms with Gasteiger partial charge in [-0.05, 0) is 62.1 Å². The molecular formula is C22H20F3N3O2. The lowest BCUT2D eigenvalue weighted by atomic mass is 9.95. The molecular weight excluding hydrogens is 395 g/mol. The number of aromatic nitrogens is 2. The number of anilines is 1. The van der Waals surface area contributed by atoms with Crippen LogP contribution in [0.4, 0.5) is 18.9 Å². The molecule has 2 aromatic carbocycles. The second kappa shape index (κ2) is 7.85. The summed E-state index contributed by atoms with van der Waals surface area (Å²) in [6, 6.07) is 13.4. The third-order valence-electron chi connectivity index (χ3n) is 5.18. The van der Waals surface area contributed by atoms with Gasteiger partial charge in [-0.15, -0.1) is 0 Å². The number of nitrogens with one attached hydrogen (secondary N) is 1. The maximum absolute atomic E-state index is 13.4. The van der Waals surface area contributed by atoms with Crippen LogP contribution >= 0.6 is 0 Å². The molecule has 0 radical (unpaired) electrons. The van der Waals surface area contributed by atoms with Gasteiger partial charge >= 0.3 is 6.18 Å². The van der Waals surface area contributed by atoms with Gasteiger partial charge in [0.15, 0.2) is 5.69 Å². The summed E-state index contributed by atoms with van der Waals surface area (Å²) in [6.45, 7) is 0. The van der Waals surface area contributed by atoms with E-state index >= 15 is 0 Å². The zero-order valence-electron chi connectivity index (χ0n) is 16.3. The Kier molecular flexibility index (Phi) is 5.24. The summed E-state index contributed by atoms with van der Waals surface area (Å²) in [5.74, 6) is 0.190. The SMILES string of the molecule is COc1ccccc1NC(=O)c1ccc(-n2nc(C(F)(F)F)c3c2CCCC3)cc1. The molecule has 4 rings (SSSR count). The van der Waals surface area contributed by atoms with E-state index in [2.05, 4.69) is 10.4 Å². The fourth-order valence-electron chi connectivity index (χ4n) is 3.74. The molecule has 3 aromatic rings. The number of ether oxygens (including phenoxy) is 1. The molecule has 5 nitrogen and oxygen atoms in total. The Morgan fingerprint density at radius 3 is 2.47 bits per heavy atom. The number of carbonyl (C=O) groups is 1. The molecule has 1 aliphatic carbocycles. The molecule has 0 atom stereocenters. The first-order valence-corrected chi connectivity index (χ1v) is 9.61. The first kappa shape index (κ1) is 20.0. The molecule has 1 heterocycles. The molecule has 1 aliphatic rings. The molecule has 0 saturated carbocycles. The normalized spacial score (nSPS) is 13.6. The summed E-state index contributed by atoms with van der Waals surface area (Å²) >= 11 is 0. The van der Waals surface area contributed by atoms with E-state index in [1.165, 1.54) is 11.8 Å². The number of hydrogen-bond donors (Lipinski definition) is 1. The van der Waals surface area contributed by atoms with Gasteiger partial charge in [-0.25, -0.2) is 4.68 Å². The Balaban J connectivity index is 1.61. The second-order valence-electron chi connectivity index (χ2n) is 7.09. The van der Waals surface area contributed by atoms with Crippen molar-refractivity contribution in [2.75, 3.05) is 12.4 Å². The van der Waals surface area contributed by atoms with Crippen molar-refractivity contribution in [3.63, 3.8) is 0 Å². The number of benzene rings is 2. The van der Waals surface area contributed by atoms with Crippen LogP contribution in [0.15, 0.2) is 48.5 Å². The molecule has 0 aliphatic heterocycles. The number of halogens is 3. The van der Waals surface area contributed by atoms with E-state index in [-0.39, 0.29) is 11.5 Å². The summed E-state index contributed by atoms with van der Waals surface area (Å²) in [5.41, 5.74) is 1.48. The minimum absolute atomic E-state index is 0.284. The average molecular weight is 415 g/mol. The highest BCUT2D eigenvalue weighted by Gasteiger charge is 2.39. The number of methoxy groups -OCH3 is 1. The van der Waals surface area contributed by atoms with E-state index in [1.807, 2.05) is 0 Å². The maximum atomic E-state index is 13.4. The van der Waals surface area contributed by atoms with Gasteiger partial charge in [-0.2, -0.15) is 18.3 Å². The van der Waals surface area contributed by atoms with Gasteiger partial charge in [0.25, 0.3) is 5.91 Å². The fraction of sp³-hybridized carbons (Fsp3) is 0.273. The van der Waals surface area contributed by atoms with Gasteiger partial charge in [0.05, 0.1) is 18.5 Å². The molecule has 1 aromatic heterocycles. The van der Waals surface area contributed by atoms with Crippen molar-refractivity contribution in [3.8, 4) is 11.4 Å². The van der Waals surface area contributed by atoms with Crippen molar-refractivity contribution in [2.24, 2.45) is 0 Å². The van der Waals surface area contributed by atoms with E-state index in [1.54, 1.807) is 48.5 Å². The molecule has 1 amide bonds. The monoisotopic (exact) mass is 415 g/mol. The highest BCUT2D eigenvalue weighted by molar-refractivity contribution is 6.05. The van der Waals surface area contributed by atoms with Gasteiger partial charge in [-0.1, -0.05) is 12.1 Å². The van der Waals surface area contributed by atoms with Crippen molar-refractivity contribution in [1.29, 1.82) is 0 Å². The molecule has 156 valence electrons. The summed E-state index contributed by atoms with van der Waals surface area (Å²) in [5, 5.41) is 6.65. The summed E-state index contributed by atoms with van der Waals surface area (Å²) in [7, 11) is 1.51. The van der Waals surface area contributed by atoms with Crippen LogP contribution in [0.2, 0.25) is 0 Å². The van der Waals surface area contributed by atoms with Crippen LogP contribution in [0.1, 0.15) is 40.2 Å². The van der Waals surface area contributed by atoms with Crippen LogP contribution in [0, 0.1) is 0 Å². The molecule has 0 spiro atoms. The third kappa shape index (κ3) is 3.77. The van der Waals surface area contributed by atoms with Gasteiger partial charge in [0.2, 0.25) is 0 Å². The molecule has 0 fully saturated rings. The van der Waals surface area contributed by atoms with Crippen LogP contribution in [0.3, 0.4) is 0 Å². The summed E-state index contributed by atoms with van der Waals surface area (Å²) in [6.07, 6.45) is -2.00. The average Bonchev–Trinajstić information content (AvgIpc) is 3.14. The van der Waals surface area contributed by atoms with Crippen LogP contribution < -0.4 is 10.1 Å². The molecule has 0 unspecified atom stereocenters. The standard InChI is InChI=1S/C22H20F3N3O2/c1-30-19-9-5-3-7-17(19)26-21(29)14-10-12-15(13-11-14)28-18-8-4-2-6-16(18)20(27-28)22(23,24)25/h3,5,7,9-13H,2,4,6,8H2,1H3,(H,26,29). The highest BCUT2D eigenvalue weighted by atomic mass is 19.4. The predicted octanol–water partition coefficient (Wildman–Crippen LogP) is 5.03. The lowest BCUT2D eigenvalue weighted by Gasteiger charge is -2.15. The molecule has 1 N–H and O–H groups in total. The van der Waals surface area contributed by atoms with E-state index in [0.29, 0.717) is 41.2 Å². The van der Waals surface area contributed by atoms with Crippen LogP contribution in [-0.2, 0) is 19.0 Å². The first-order chi connectivity index (χ1) is 14.4. The Hall–Kier alpha value is -3.29. The van der Waals surface area contributed by atoms with Crippen molar-refractivity contribution < 1.29 is 22.7 Å². The lowest BCUT2D eigenvalue weighted by molar-refractivity contribution is -0.142. The summed E-state index contributed by atoms with van der Waals surface area (Å²) < 4.78 is 46.8. The Morgan fingerprint density at radius 2 is 1.77 bits per heavy atom. The van der Waals surface area contributed by atoms with Gasteiger partial charge in [0, 0.05) is 16.8 Å². The maximum Gasteiger partial charge on any atom is 0.435 e. The van der Waals surface area contributed by atoms with Crippen LogP contribution in [-0.4, -0.2) is 22.8 Å². The van der Waals surface area contributed by atoms with Gasteiger partial charge in [0.1, 0.15) is 5.75 Å². The van der Waals surface area contributed by atoms with Crippen molar-refractivity contribution in [3.05, 3.63) is 71.0 Å². The summed E-state index contributed by atoms with van der Waals surface area (Å²) in [4.78, 5) is 12.6. The zero-order chi connectivity index (χ0) is 21.3. The van der Waals surface area contributed by atoms with Crippen LogP contribution in [0.25, 0.3) is 5.69 Å². The number of amides is 1. The fourth-order valence-corrected chi connectivity index (χ4v) is 3.74. The predicted molar refractivity (Wildman–Crippen MR) is 106 cm³/mol. The van der Waals surface area contributed by atoms with Crippen molar-refractivity contribution in [1.82, 2.24) is 9.78 Å². The number of hydrogen-bond acceptors (Lipinski definition) is 3. The smallest absolute Gasteiger partial charge is 0.435 e. The topological polar surface area (TPSA) is 56.1 Å². The minimum atomic E-state index is -4.48. The molecule has 0 bridgehead atoms. The van der Waals surface area contributed by atoms with E-state index < -0.39 is 11.9 Å². The van der Waals surface area contributed by atoms with Crippen molar-refractivity contribution >= 4 is 11.6 Å². The molecule has 8 heteroatoms. The quantitative estimate of drug-likeness (QED) is 0.650. The minimum Gasteiger partial charge on any atom is -0.495 e. The molecule has 0 saturated heterocycles. The van der Waals surface area contributed by atoms with Gasteiger partial charge in [-0.3, -0.25) is 4.79 Å². The lowest BCUT2D eigenvalue weighted by Crippen LogP contribution is -2.13. The number of para-hydroxylation sites is 2. The van der Waals surface area contributed by atoms with E-state index in [9.17, 15) is 18.0 Å². The van der Waals surface area contributed by atoms with Crippen LogP contribution in [0.5, 0.6) is 5.75 Å². The zero-order valence-corrected chi connectivity index (χ0v) is 16.3.